The molecule has 3 N–H and O–H groups in total. The van der Waals surface area contributed by atoms with Crippen molar-refractivity contribution in [3.05, 3.63) is 28.3 Å². The van der Waals surface area contributed by atoms with Gasteiger partial charge in [0.05, 0.1) is 4.92 Å². The van der Waals surface area contributed by atoms with Crippen molar-refractivity contribution in [2.45, 2.75) is 58.3 Å². The average Bonchev–Trinajstić information content (AvgIpc) is 2.40. The summed E-state index contributed by atoms with van der Waals surface area (Å²) in [5.74, 6) is 0. The smallest absolute Gasteiger partial charge is 0.314 e. The van der Waals surface area contributed by atoms with Gasteiger partial charge in [-0.2, -0.15) is 0 Å². The molecule has 0 aliphatic carbocycles. The molecule has 0 unspecified atom stereocenters. The molecule has 7 nitrogen and oxygen atoms in total. The van der Waals surface area contributed by atoms with Gasteiger partial charge in [-0.3, -0.25) is 10.1 Å². The Labute approximate surface area is 159 Å². The summed E-state index contributed by atoms with van der Waals surface area (Å²) in [5, 5.41) is 14.3. The molecule has 10 heteroatoms. The number of rotatable bonds is 10. The van der Waals surface area contributed by atoms with Gasteiger partial charge in [0.15, 0.2) is 16.6 Å². The Morgan fingerprint density at radius 2 is 1.62 bits per heavy atom. The maximum Gasteiger partial charge on any atom is 0.314 e. The molecule has 0 aromatic heterocycles. The predicted octanol–water partition coefficient (Wildman–Crippen LogP) is 4.75. The van der Waals surface area contributed by atoms with Crippen molar-refractivity contribution in [3.8, 4) is 0 Å². The lowest BCUT2D eigenvalue weighted by molar-refractivity contribution is -0.383. The quantitative estimate of drug-likeness (QED) is 0.188. The first-order valence-corrected chi connectivity index (χ1v) is 18.2. The van der Waals surface area contributed by atoms with E-state index in [1.54, 1.807) is 12.1 Å². The van der Waals surface area contributed by atoms with Gasteiger partial charge in [-0.1, -0.05) is 0 Å². The van der Waals surface area contributed by atoms with Crippen LogP contribution in [0.5, 0.6) is 0 Å². The van der Waals surface area contributed by atoms with Crippen molar-refractivity contribution in [1.82, 2.24) is 0 Å². The highest BCUT2D eigenvalue weighted by Gasteiger charge is 2.39. The summed E-state index contributed by atoms with van der Waals surface area (Å²) in [5.41, 5.74) is 6.52. The molecule has 0 aliphatic heterocycles. The summed E-state index contributed by atoms with van der Waals surface area (Å²) in [7, 11) is -5.70. The van der Waals surface area contributed by atoms with Gasteiger partial charge < -0.3 is 19.3 Å². The van der Waals surface area contributed by atoms with E-state index in [0.717, 1.165) is 12.5 Å². The third-order valence-corrected chi connectivity index (χ3v) is 13.0. The first-order chi connectivity index (χ1) is 11.7. The van der Waals surface area contributed by atoms with Gasteiger partial charge in [-0.05, 0) is 70.4 Å². The molecule has 0 saturated carbocycles. The molecule has 148 valence electrons. The van der Waals surface area contributed by atoms with Crippen LogP contribution in [-0.2, 0) is 8.23 Å². The van der Waals surface area contributed by atoms with Gasteiger partial charge in [0.25, 0.3) is 5.69 Å². The maximum absolute atomic E-state index is 11.2. The van der Waals surface area contributed by atoms with E-state index in [2.05, 4.69) is 51.1 Å². The largest absolute Gasteiger partial charge is 0.437 e. The minimum atomic E-state index is -2.27. The Kier molecular flexibility index (Phi) is 7.60. The van der Waals surface area contributed by atoms with E-state index in [1.807, 2.05) is 0 Å². The second-order valence-electron chi connectivity index (χ2n) is 8.63. The van der Waals surface area contributed by atoms with E-state index in [1.165, 1.54) is 6.07 Å². The second kappa shape index (κ2) is 8.65. The summed E-state index contributed by atoms with van der Waals surface area (Å²) in [6.07, 6.45) is 0.833. The molecule has 0 bridgehead atoms. The molecular formula is C16H33N3O4Si3. The molecule has 0 fully saturated rings. The van der Waals surface area contributed by atoms with Crippen LogP contribution >= 0.6 is 0 Å². The number of nitro groups is 1. The number of nitrogens with two attached hydrogens (primary N) is 1. The van der Waals surface area contributed by atoms with Gasteiger partial charge in [-0.15, -0.1) is 0 Å². The molecule has 0 atom stereocenters. The van der Waals surface area contributed by atoms with Crippen molar-refractivity contribution in [2.24, 2.45) is 0 Å². The number of nitro benzene ring substituents is 1. The zero-order valence-corrected chi connectivity index (χ0v) is 20.0. The van der Waals surface area contributed by atoms with E-state index >= 15 is 0 Å². The highest BCUT2D eigenvalue weighted by atomic mass is 28.5. The Morgan fingerprint density at radius 3 is 2.08 bits per heavy atom. The molecule has 1 rings (SSSR count). The lowest BCUT2D eigenvalue weighted by atomic mass is 10.2. The summed E-state index contributed by atoms with van der Waals surface area (Å²) < 4.78 is 12.9. The molecule has 0 heterocycles. The summed E-state index contributed by atoms with van der Waals surface area (Å²) in [6, 6.07) is 5.55. The fraction of sp³-hybridized carbons (Fsp3) is 0.625. The van der Waals surface area contributed by atoms with Crippen molar-refractivity contribution in [2.75, 3.05) is 17.6 Å². The fourth-order valence-corrected chi connectivity index (χ4v) is 15.4. The van der Waals surface area contributed by atoms with Crippen molar-refractivity contribution >= 4 is 42.3 Å². The minimum absolute atomic E-state index is 0.00158. The lowest BCUT2D eigenvalue weighted by Crippen LogP contribution is -2.52. The van der Waals surface area contributed by atoms with E-state index in [-0.39, 0.29) is 5.69 Å². The molecular weight excluding hydrogens is 382 g/mol. The average molecular weight is 416 g/mol. The third-order valence-electron chi connectivity index (χ3n) is 3.39. The lowest BCUT2D eigenvalue weighted by Gasteiger charge is -2.38. The molecule has 0 saturated heterocycles. The van der Waals surface area contributed by atoms with Crippen LogP contribution in [0.1, 0.15) is 6.42 Å². The van der Waals surface area contributed by atoms with Crippen LogP contribution in [0.25, 0.3) is 0 Å². The Balaban J connectivity index is 2.72. The minimum Gasteiger partial charge on any atom is -0.437 e. The third kappa shape index (κ3) is 8.45. The molecule has 0 spiro atoms. The number of anilines is 2. The van der Waals surface area contributed by atoms with E-state index in [9.17, 15) is 10.1 Å². The topological polar surface area (TPSA) is 99.7 Å². The van der Waals surface area contributed by atoms with Crippen LogP contribution in [0.15, 0.2) is 18.2 Å². The first kappa shape index (κ1) is 22.8. The molecule has 1 aromatic rings. The first-order valence-electron chi connectivity index (χ1n) is 8.89. The van der Waals surface area contributed by atoms with Gasteiger partial charge >= 0.3 is 8.56 Å². The van der Waals surface area contributed by atoms with Crippen LogP contribution < -0.4 is 11.1 Å². The zero-order chi connectivity index (χ0) is 20.2. The van der Waals surface area contributed by atoms with Crippen molar-refractivity contribution in [1.29, 1.82) is 0 Å². The monoisotopic (exact) mass is 415 g/mol. The highest BCUT2D eigenvalue weighted by molar-refractivity contribution is 6.87. The molecule has 0 aliphatic rings. The van der Waals surface area contributed by atoms with Crippen LogP contribution in [0.4, 0.5) is 17.1 Å². The Bertz CT molecular complexity index is 614. The number of nitrogens with zero attached hydrogens (tertiary/aromatic N) is 1. The van der Waals surface area contributed by atoms with Gasteiger partial charge in [0.1, 0.15) is 5.69 Å². The van der Waals surface area contributed by atoms with Crippen LogP contribution in [0, 0.1) is 10.1 Å². The maximum atomic E-state index is 11.2. The van der Waals surface area contributed by atoms with Gasteiger partial charge in [0.2, 0.25) is 0 Å². The molecule has 0 radical (unpaired) electrons. The molecule has 0 amide bonds. The zero-order valence-electron chi connectivity index (χ0n) is 17.0. The number of nitrogens with one attached hydrogen (secondary N) is 1. The van der Waals surface area contributed by atoms with E-state index < -0.39 is 30.1 Å². The molecule has 26 heavy (non-hydrogen) atoms. The van der Waals surface area contributed by atoms with E-state index in [0.29, 0.717) is 17.9 Å². The Morgan fingerprint density at radius 1 is 1.08 bits per heavy atom. The van der Waals surface area contributed by atoms with Crippen molar-refractivity contribution < 1.29 is 13.2 Å². The summed E-state index contributed by atoms with van der Waals surface area (Å²) >= 11 is 0. The summed E-state index contributed by atoms with van der Waals surface area (Å²) in [6.45, 7) is 15.9. The SMILES string of the molecule is C[Si](C)(C)O[Si](C)(CCCNc1ccc(N)cc1[N+](=O)[O-])O[Si](C)(C)C. The number of nitrogen functional groups attached to an aromatic ring is 1. The predicted molar refractivity (Wildman–Crippen MR) is 116 cm³/mol. The van der Waals surface area contributed by atoms with Crippen LogP contribution in [0.2, 0.25) is 51.9 Å². The Hall–Kier alpha value is -1.21. The van der Waals surface area contributed by atoms with Crippen LogP contribution in [0.3, 0.4) is 0 Å². The fourth-order valence-electron chi connectivity index (χ4n) is 2.90. The van der Waals surface area contributed by atoms with E-state index in [4.69, 9.17) is 14.0 Å². The molecule has 1 aromatic carbocycles. The second-order valence-corrected chi connectivity index (χ2v) is 21.5. The summed E-state index contributed by atoms with van der Waals surface area (Å²) in [4.78, 5) is 10.7. The number of hydrogen-bond donors (Lipinski definition) is 2. The normalized spacial score (nSPS) is 12.9. The number of hydrogen-bond acceptors (Lipinski definition) is 6. The number of benzene rings is 1. The highest BCUT2D eigenvalue weighted by Crippen LogP contribution is 2.28. The van der Waals surface area contributed by atoms with Gasteiger partial charge in [0, 0.05) is 18.3 Å². The van der Waals surface area contributed by atoms with Gasteiger partial charge in [-0.25, -0.2) is 0 Å². The van der Waals surface area contributed by atoms with Crippen molar-refractivity contribution in [3.63, 3.8) is 0 Å². The standard InChI is InChI=1S/C16H33N3O4Si3/c1-24(2,3)22-26(7,23-25(4,5)6)12-8-11-18-15-10-9-14(17)13-16(15)19(20)21/h9-10,13,18H,8,11-12,17H2,1-7H3. The van der Waals surface area contributed by atoms with Crippen LogP contribution in [-0.4, -0.2) is 36.7 Å².